The van der Waals surface area contributed by atoms with Gasteiger partial charge >= 0.3 is 0 Å². The van der Waals surface area contributed by atoms with Crippen LogP contribution in [0, 0.1) is 0 Å². The van der Waals surface area contributed by atoms with Gasteiger partial charge in [0.15, 0.2) is 5.78 Å². The molecule has 1 fully saturated rings. The second-order valence-corrected chi connectivity index (χ2v) is 5.49. The first-order valence-corrected chi connectivity index (χ1v) is 7.71. The number of methoxy groups -OCH3 is 1. The molecular formula is C17H25NO3. The molecule has 1 atom stereocenters. The third-order valence-corrected chi connectivity index (χ3v) is 3.85. The van der Waals surface area contributed by atoms with Gasteiger partial charge in [0.05, 0.1) is 24.5 Å². The summed E-state index contributed by atoms with van der Waals surface area (Å²) in [4.78, 5) is 14.3. The summed E-state index contributed by atoms with van der Waals surface area (Å²) in [5.41, 5.74) is 1.64. The van der Waals surface area contributed by atoms with Gasteiger partial charge in [0.1, 0.15) is 5.75 Å². The Morgan fingerprint density at radius 3 is 2.90 bits per heavy atom. The molecule has 1 aliphatic heterocycles. The fraction of sp³-hybridized carbons (Fsp3) is 0.588. The van der Waals surface area contributed by atoms with E-state index in [1.165, 1.54) is 0 Å². The summed E-state index contributed by atoms with van der Waals surface area (Å²) in [6.45, 7) is 6.32. The molecule has 0 aliphatic carbocycles. The number of carbonyl (C=O) groups is 1. The van der Waals surface area contributed by atoms with Crippen LogP contribution in [0.5, 0.6) is 5.75 Å². The maximum Gasteiger partial charge on any atom is 0.165 e. The lowest BCUT2D eigenvalue weighted by molar-refractivity contribution is 0.0440. The van der Waals surface area contributed by atoms with Crippen molar-refractivity contribution < 1.29 is 14.3 Å². The van der Waals surface area contributed by atoms with Crippen molar-refractivity contribution in [3.05, 3.63) is 23.8 Å². The molecule has 21 heavy (non-hydrogen) atoms. The minimum Gasteiger partial charge on any atom is -0.496 e. The highest BCUT2D eigenvalue weighted by Gasteiger charge is 2.24. The van der Waals surface area contributed by atoms with E-state index in [1.54, 1.807) is 14.0 Å². The van der Waals surface area contributed by atoms with E-state index in [2.05, 4.69) is 11.8 Å². The quantitative estimate of drug-likeness (QED) is 0.754. The molecule has 1 saturated heterocycles. The summed E-state index contributed by atoms with van der Waals surface area (Å²) in [6.07, 6.45) is 3.47. The second-order valence-electron chi connectivity index (χ2n) is 5.49. The van der Waals surface area contributed by atoms with Gasteiger partial charge in [-0.15, -0.1) is 0 Å². The molecule has 0 bridgehead atoms. The highest BCUT2D eigenvalue weighted by atomic mass is 16.5. The molecule has 4 heteroatoms. The summed E-state index contributed by atoms with van der Waals surface area (Å²) in [5.74, 6) is 0.690. The van der Waals surface area contributed by atoms with Gasteiger partial charge in [-0.05, 0) is 38.3 Å². The second kappa shape index (κ2) is 7.46. The van der Waals surface area contributed by atoms with Crippen molar-refractivity contribution in [1.82, 2.24) is 0 Å². The lowest BCUT2D eigenvalue weighted by atomic mass is 10.0. The van der Waals surface area contributed by atoms with E-state index in [-0.39, 0.29) is 11.9 Å². The molecular weight excluding hydrogens is 266 g/mol. The Morgan fingerprint density at radius 2 is 2.24 bits per heavy atom. The SMILES string of the molecule is CCCOC1CCCN(c2cccc(OC)c2C(C)=O)C1. The molecule has 1 aromatic rings. The largest absolute Gasteiger partial charge is 0.496 e. The van der Waals surface area contributed by atoms with Crippen LogP contribution in [-0.2, 0) is 4.74 Å². The van der Waals surface area contributed by atoms with Gasteiger partial charge < -0.3 is 14.4 Å². The van der Waals surface area contributed by atoms with Crippen LogP contribution in [0.3, 0.4) is 0 Å². The van der Waals surface area contributed by atoms with E-state index in [0.29, 0.717) is 11.3 Å². The number of nitrogens with zero attached hydrogens (tertiary/aromatic N) is 1. The average Bonchev–Trinajstić information content (AvgIpc) is 2.52. The maximum absolute atomic E-state index is 12.0. The lowest BCUT2D eigenvalue weighted by Gasteiger charge is -2.35. The lowest BCUT2D eigenvalue weighted by Crippen LogP contribution is -2.40. The van der Waals surface area contributed by atoms with E-state index in [9.17, 15) is 4.79 Å². The number of ether oxygens (including phenoxy) is 2. The van der Waals surface area contributed by atoms with Crippen LogP contribution in [0.1, 0.15) is 43.5 Å². The van der Waals surface area contributed by atoms with E-state index < -0.39 is 0 Å². The van der Waals surface area contributed by atoms with Crippen molar-refractivity contribution in [1.29, 1.82) is 0 Å². The average molecular weight is 291 g/mol. The fourth-order valence-corrected chi connectivity index (χ4v) is 2.88. The smallest absolute Gasteiger partial charge is 0.165 e. The molecule has 1 aromatic carbocycles. The molecule has 116 valence electrons. The third kappa shape index (κ3) is 3.76. The van der Waals surface area contributed by atoms with E-state index in [1.807, 2.05) is 18.2 Å². The van der Waals surface area contributed by atoms with Crippen LogP contribution in [0.15, 0.2) is 18.2 Å². The van der Waals surface area contributed by atoms with Gasteiger partial charge in [0, 0.05) is 19.7 Å². The molecule has 2 rings (SSSR count). The first kappa shape index (κ1) is 15.8. The number of anilines is 1. The number of carbonyl (C=O) groups excluding carboxylic acids is 1. The van der Waals surface area contributed by atoms with Crippen LogP contribution in [0.2, 0.25) is 0 Å². The van der Waals surface area contributed by atoms with Gasteiger partial charge in [-0.2, -0.15) is 0 Å². The summed E-state index contributed by atoms with van der Waals surface area (Å²) in [6, 6.07) is 5.79. The van der Waals surface area contributed by atoms with E-state index in [4.69, 9.17) is 9.47 Å². The Balaban J connectivity index is 2.22. The number of ketones is 1. The monoisotopic (exact) mass is 291 g/mol. The topological polar surface area (TPSA) is 38.8 Å². The third-order valence-electron chi connectivity index (χ3n) is 3.85. The highest BCUT2D eigenvalue weighted by Crippen LogP contribution is 2.32. The van der Waals surface area contributed by atoms with E-state index >= 15 is 0 Å². The minimum atomic E-state index is 0.0408. The molecule has 0 N–H and O–H groups in total. The number of piperidine rings is 1. The predicted octanol–water partition coefficient (Wildman–Crippen LogP) is 3.29. The Bertz CT molecular complexity index is 487. The number of hydrogen-bond acceptors (Lipinski definition) is 4. The van der Waals surface area contributed by atoms with Gasteiger partial charge in [-0.3, -0.25) is 4.79 Å². The van der Waals surface area contributed by atoms with Crippen molar-refractivity contribution in [3.63, 3.8) is 0 Å². The summed E-state index contributed by atoms with van der Waals surface area (Å²) < 4.78 is 11.2. The van der Waals surface area contributed by atoms with Crippen LogP contribution in [-0.4, -0.2) is 38.7 Å². The summed E-state index contributed by atoms with van der Waals surface area (Å²) in [7, 11) is 1.61. The molecule has 0 spiro atoms. The highest BCUT2D eigenvalue weighted by molar-refractivity contribution is 6.02. The zero-order valence-electron chi connectivity index (χ0n) is 13.2. The molecule has 1 aliphatic rings. The van der Waals surface area contributed by atoms with Crippen molar-refractivity contribution >= 4 is 11.5 Å². The minimum absolute atomic E-state index is 0.0408. The van der Waals surface area contributed by atoms with Crippen molar-refractivity contribution in [2.75, 3.05) is 31.7 Å². The van der Waals surface area contributed by atoms with Gasteiger partial charge in [0.2, 0.25) is 0 Å². The first-order valence-electron chi connectivity index (χ1n) is 7.71. The van der Waals surface area contributed by atoms with Crippen LogP contribution in [0.4, 0.5) is 5.69 Å². The van der Waals surface area contributed by atoms with Crippen molar-refractivity contribution in [2.24, 2.45) is 0 Å². The van der Waals surface area contributed by atoms with Crippen LogP contribution >= 0.6 is 0 Å². The summed E-state index contributed by atoms with van der Waals surface area (Å²) in [5, 5.41) is 0. The zero-order valence-corrected chi connectivity index (χ0v) is 13.2. The Hall–Kier alpha value is -1.55. The molecule has 4 nitrogen and oxygen atoms in total. The van der Waals surface area contributed by atoms with Crippen LogP contribution in [0.25, 0.3) is 0 Å². The van der Waals surface area contributed by atoms with Gasteiger partial charge in [-0.1, -0.05) is 13.0 Å². The predicted molar refractivity (Wildman–Crippen MR) is 84.5 cm³/mol. The van der Waals surface area contributed by atoms with Crippen molar-refractivity contribution in [2.45, 2.75) is 39.2 Å². The number of benzene rings is 1. The Morgan fingerprint density at radius 1 is 1.43 bits per heavy atom. The van der Waals surface area contributed by atoms with Gasteiger partial charge in [0.25, 0.3) is 0 Å². The fourth-order valence-electron chi connectivity index (χ4n) is 2.88. The molecule has 0 saturated carbocycles. The zero-order chi connectivity index (χ0) is 15.2. The normalized spacial score (nSPS) is 18.6. The van der Waals surface area contributed by atoms with Gasteiger partial charge in [-0.25, -0.2) is 0 Å². The summed E-state index contributed by atoms with van der Waals surface area (Å²) >= 11 is 0. The van der Waals surface area contributed by atoms with E-state index in [0.717, 1.165) is 44.6 Å². The van der Waals surface area contributed by atoms with Crippen LogP contribution < -0.4 is 9.64 Å². The number of rotatable bonds is 6. The molecule has 0 radical (unpaired) electrons. The molecule has 0 aromatic heterocycles. The van der Waals surface area contributed by atoms with Crippen molar-refractivity contribution in [3.8, 4) is 5.75 Å². The Labute approximate surface area is 127 Å². The first-order chi connectivity index (χ1) is 10.2. The number of Topliss-reactive ketones (excluding diaryl/α,β-unsaturated/α-hetero) is 1. The number of hydrogen-bond donors (Lipinski definition) is 0. The molecule has 0 amide bonds. The maximum atomic E-state index is 12.0. The Kier molecular flexibility index (Phi) is 5.62. The molecule has 1 unspecified atom stereocenters. The molecule has 1 heterocycles. The standard InChI is InChI=1S/C17H25NO3/c1-4-11-21-14-7-6-10-18(12-14)15-8-5-9-16(20-3)17(15)13(2)19/h5,8-9,14H,4,6-7,10-12H2,1-3H3.